The van der Waals surface area contributed by atoms with E-state index in [0.29, 0.717) is 29.7 Å². The molecule has 0 amide bonds. The molecule has 0 radical (unpaired) electrons. The molecule has 7 heteroatoms. The fraction of sp³-hybridized carbons (Fsp3) is 0.357. The molecular formula is C14H16ClF2N3S. The normalized spacial score (nSPS) is 17.2. The van der Waals surface area contributed by atoms with Crippen molar-refractivity contribution in [1.82, 2.24) is 9.55 Å². The first kappa shape index (κ1) is 16.1. The second kappa shape index (κ2) is 6.25. The lowest BCUT2D eigenvalue weighted by atomic mass is 9.87. The summed E-state index contributed by atoms with van der Waals surface area (Å²) in [6, 6.07) is 2.47. The van der Waals surface area contributed by atoms with E-state index in [9.17, 15) is 8.78 Å². The van der Waals surface area contributed by atoms with Gasteiger partial charge in [0.15, 0.2) is 4.77 Å². The maximum atomic E-state index is 13.7. The standard InChI is InChI=1S/C14H15F2N3S.ClH/c15-9-3-8-4-10(1-2-12(8)13(16)5-9)19-11(6-17)7-18-14(19)20;/h3,5,7,10H,1-2,4,6,17H2,(H,18,20);1H/t10-;/m0./s1. The van der Waals surface area contributed by atoms with Gasteiger partial charge >= 0.3 is 0 Å². The highest BCUT2D eigenvalue weighted by Crippen LogP contribution is 2.32. The van der Waals surface area contributed by atoms with Gasteiger partial charge in [-0.25, -0.2) is 8.78 Å². The number of imidazole rings is 1. The van der Waals surface area contributed by atoms with Crippen molar-refractivity contribution in [3.8, 4) is 0 Å². The molecule has 0 saturated heterocycles. The number of halogens is 3. The van der Waals surface area contributed by atoms with Crippen molar-refractivity contribution >= 4 is 24.6 Å². The Kier molecular flexibility index (Phi) is 4.81. The zero-order valence-corrected chi connectivity index (χ0v) is 12.9. The van der Waals surface area contributed by atoms with Crippen molar-refractivity contribution in [2.24, 2.45) is 5.73 Å². The molecule has 2 aromatic rings. The zero-order chi connectivity index (χ0) is 14.3. The number of hydrogen-bond acceptors (Lipinski definition) is 2. The van der Waals surface area contributed by atoms with Gasteiger partial charge in [-0.2, -0.15) is 0 Å². The van der Waals surface area contributed by atoms with Crippen molar-refractivity contribution in [2.45, 2.75) is 31.8 Å². The van der Waals surface area contributed by atoms with Crippen LogP contribution in [0.2, 0.25) is 0 Å². The number of hydrogen-bond donors (Lipinski definition) is 2. The van der Waals surface area contributed by atoms with Crippen LogP contribution in [-0.2, 0) is 19.4 Å². The fourth-order valence-corrected chi connectivity index (χ4v) is 3.30. The largest absolute Gasteiger partial charge is 0.337 e. The lowest BCUT2D eigenvalue weighted by Gasteiger charge is -2.27. The second-order valence-electron chi connectivity index (χ2n) is 5.08. The van der Waals surface area contributed by atoms with Crippen LogP contribution in [0.5, 0.6) is 0 Å². The van der Waals surface area contributed by atoms with Crippen LogP contribution in [0, 0.1) is 16.4 Å². The van der Waals surface area contributed by atoms with Crippen LogP contribution in [0.25, 0.3) is 0 Å². The molecule has 1 atom stereocenters. The van der Waals surface area contributed by atoms with Crippen LogP contribution < -0.4 is 5.73 Å². The zero-order valence-electron chi connectivity index (χ0n) is 11.2. The molecule has 0 unspecified atom stereocenters. The van der Waals surface area contributed by atoms with E-state index >= 15 is 0 Å². The summed E-state index contributed by atoms with van der Waals surface area (Å²) < 4.78 is 29.7. The third kappa shape index (κ3) is 2.88. The highest BCUT2D eigenvalue weighted by atomic mass is 35.5. The van der Waals surface area contributed by atoms with Crippen molar-refractivity contribution < 1.29 is 8.78 Å². The summed E-state index contributed by atoms with van der Waals surface area (Å²) in [6.45, 7) is 0.383. The minimum Gasteiger partial charge on any atom is -0.337 e. The molecule has 1 aliphatic carbocycles. The van der Waals surface area contributed by atoms with Crippen molar-refractivity contribution in [1.29, 1.82) is 0 Å². The summed E-state index contributed by atoms with van der Waals surface area (Å²) >= 11 is 5.27. The van der Waals surface area contributed by atoms with Gasteiger partial charge in [0.2, 0.25) is 0 Å². The lowest BCUT2D eigenvalue weighted by Crippen LogP contribution is -2.22. The number of aromatic amines is 1. The summed E-state index contributed by atoms with van der Waals surface area (Å²) in [5, 5.41) is 0. The Labute approximate surface area is 132 Å². The molecule has 1 aromatic heterocycles. The SMILES string of the molecule is Cl.NCc1c[nH]c(=S)n1[C@H]1CCc2c(F)cc(F)cc2C1. The quantitative estimate of drug-likeness (QED) is 0.828. The molecule has 0 spiro atoms. The summed E-state index contributed by atoms with van der Waals surface area (Å²) in [5.41, 5.74) is 7.97. The van der Waals surface area contributed by atoms with Gasteiger partial charge in [-0.15, -0.1) is 12.4 Å². The number of aromatic nitrogens is 2. The first-order valence-corrected chi connectivity index (χ1v) is 6.96. The van der Waals surface area contributed by atoms with E-state index in [2.05, 4.69) is 4.98 Å². The molecule has 0 fully saturated rings. The van der Waals surface area contributed by atoms with E-state index in [1.807, 2.05) is 4.57 Å². The van der Waals surface area contributed by atoms with E-state index < -0.39 is 11.6 Å². The highest BCUT2D eigenvalue weighted by molar-refractivity contribution is 7.71. The minimum atomic E-state index is -0.529. The van der Waals surface area contributed by atoms with Crippen LogP contribution in [0.15, 0.2) is 18.3 Å². The van der Waals surface area contributed by atoms with Gasteiger partial charge in [0.25, 0.3) is 0 Å². The van der Waals surface area contributed by atoms with Gasteiger partial charge in [0.05, 0.1) is 5.69 Å². The Morgan fingerprint density at radius 2 is 2.14 bits per heavy atom. The van der Waals surface area contributed by atoms with E-state index in [1.54, 1.807) is 6.20 Å². The topological polar surface area (TPSA) is 46.7 Å². The Hall–Kier alpha value is -1.24. The summed E-state index contributed by atoms with van der Waals surface area (Å²) in [7, 11) is 0. The average Bonchev–Trinajstić information content (AvgIpc) is 2.78. The molecule has 3 nitrogen and oxygen atoms in total. The minimum absolute atomic E-state index is 0. The van der Waals surface area contributed by atoms with Crippen molar-refractivity contribution in [3.63, 3.8) is 0 Å². The Balaban J connectivity index is 0.00000161. The predicted molar refractivity (Wildman–Crippen MR) is 82.2 cm³/mol. The Bertz CT molecular complexity index is 711. The fourth-order valence-electron chi connectivity index (χ4n) is 2.98. The number of H-pyrrole nitrogens is 1. The molecule has 0 bridgehead atoms. The molecule has 1 heterocycles. The van der Waals surface area contributed by atoms with E-state index in [1.165, 1.54) is 6.07 Å². The summed E-state index contributed by atoms with van der Waals surface area (Å²) in [5.74, 6) is -0.978. The highest BCUT2D eigenvalue weighted by Gasteiger charge is 2.24. The van der Waals surface area contributed by atoms with Crippen molar-refractivity contribution in [3.05, 3.63) is 51.6 Å². The number of nitrogens with zero attached hydrogens (tertiary/aromatic N) is 1. The van der Waals surface area contributed by atoms with Crippen LogP contribution in [0.1, 0.15) is 29.3 Å². The average molecular weight is 332 g/mol. The molecule has 0 aliphatic heterocycles. The van der Waals surface area contributed by atoms with Crippen LogP contribution >= 0.6 is 24.6 Å². The van der Waals surface area contributed by atoms with E-state index in [4.69, 9.17) is 18.0 Å². The first-order chi connectivity index (χ1) is 9.60. The third-order valence-electron chi connectivity index (χ3n) is 3.90. The van der Waals surface area contributed by atoms with Crippen LogP contribution in [0.4, 0.5) is 8.78 Å². The second-order valence-corrected chi connectivity index (χ2v) is 5.47. The van der Waals surface area contributed by atoms with Gasteiger partial charge in [-0.05, 0) is 48.7 Å². The first-order valence-electron chi connectivity index (χ1n) is 6.55. The molecule has 21 heavy (non-hydrogen) atoms. The summed E-state index contributed by atoms with van der Waals surface area (Å²) in [6.07, 6.45) is 3.73. The lowest BCUT2D eigenvalue weighted by molar-refractivity contribution is 0.416. The predicted octanol–water partition coefficient (Wildman–Crippen LogP) is 3.43. The van der Waals surface area contributed by atoms with Gasteiger partial charge < -0.3 is 15.3 Å². The van der Waals surface area contributed by atoms with E-state index in [0.717, 1.165) is 23.7 Å². The van der Waals surface area contributed by atoms with Gasteiger partial charge in [0, 0.05) is 24.8 Å². The number of nitrogens with one attached hydrogen (secondary N) is 1. The molecule has 3 rings (SSSR count). The smallest absolute Gasteiger partial charge is 0.177 e. The summed E-state index contributed by atoms with van der Waals surface area (Å²) in [4.78, 5) is 2.98. The third-order valence-corrected chi connectivity index (χ3v) is 4.22. The van der Waals surface area contributed by atoms with E-state index in [-0.39, 0.29) is 18.4 Å². The monoisotopic (exact) mass is 331 g/mol. The van der Waals surface area contributed by atoms with Gasteiger partial charge in [-0.3, -0.25) is 0 Å². The Morgan fingerprint density at radius 3 is 2.86 bits per heavy atom. The Morgan fingerprint density at radius 1 is 1.38 bits per heavy atom. The number of rotatable bonds is 2. The maximum absolute atomic E-state index is 13.7. The molecule has 1 aromatic carbocycles. The maximum Gasteiger partial charge on any atom is 0.177 e. The van der Waals surface area contributed by atoms with Crippen molar-refractivity contribution in [2.75, 3.05) is 0 Å². The molecule has 1 aliphatic rings. The van der Waals surface area contributed by atoms with Crippen LogP contribution in [0.3, 0.4) is 0 Å². The molecule has 114 valence electrons. The number of benzene rings is 1. The van der Waals surface area contributed by atoms with Crippen LogP contribution in [-0.4, -0.2) is 9.55 Å². The van der Waals surface area contributed by atoms with Gasteiger partial charge in [-0.1, -0.05) is 0 Å². The number of nitrogens with two attached hydrogens (primary N) is 1. The molecule has 3 N–H and O–H groups in total. The molecular weight excluding hydrogens is 316 g/mol. The molecule has 0 saturated carbocycles. The number of fused-ring (bicyclic) bond motifs is 1. The van der Waals surface area contributed by atoms with Gasteiger partial charge in [0.1, 0.15) is 11.6 Å².